The van der Waals surface area contributed by atoms with Crippen molar-refractivity contribution in [1.82, 2.24) is 4.98 Å². The van der Waals surface area contributed by atoms with Crippen LogP contribution in [0.15, 0.2) is 83.9 Å². The summed E-state index contributed by atoms with van der Waals surface area (Å²) in [6, 6.07) is 16.0. The molecule has 6 nitrogen and oxygen atoms in total. The first kappa shape index (κ1) is 25.9. The molecule has 0 fully saturated rings. The van der Waals surface area contributed by atoms with Crippen molar-refractivity contribution in [2.45, 2.75) is 18.2 Å². The fourth-order valence-corrected chi connectivity index (χ4v) is 4.46. The van der Waals surface area contributed by atoms with Crippen molar-refractivity contribution in [3.8, 4) is 22.6 Å². The Kier molecular flexibility index (Phi) is 7.58. The lowest BCUT2D eigenvalue weighted by molar-refractivity contribution is -0.115. The summed E-state index contributed by atoms with van der Waals surface area (Å²) in [7, 11) is -3.35. The van der Waals surface area contributed by atoms with Gasteiger partial charge in [0.05, 0.1) is 17.1 Å². The van der Waals surface area contributed by atoms with Crippen molar-refractivity contribution in [2.24, 2.45) is 0 Å². The van der Waals surface area contributed by atoms with E-state index in [1.165, 1.54) is 36.5 Å². The van der Waals surface area contributed by atoms with E-state index >= 15 is 0 Å². The van der Waals surface area contributed by atoms with Gasteiger partial charge in [0.25, 0.3) is 0 Å². The molecule has 0 aliphatic rings. The number of nitrogens with zero attached hydrogens (tertiary/aromatic N) is 1. The van der Waals surface area contributed by atoms with Crippen LogP contribution in [-0.2, 0) is 21.1 Å². The van der Waals surface area contributed by atoms with Gasteiger partial charge >= 0.3 is 0 Å². The largest absolute Gasteiger partial charge is 0.456 e. The van der Waals surface area contributed by atoms with Gasteiger partial charge in [0.15, 0.2) is 9.84 Å². The molecule has 0 aliphatic carbocycles. The van der Waals surface area contributed by atoms with E-state index < -0.39 is 33.3 Å². The van der Waals surface area contributed by atoms with Crippen molar-refractivity contribution in [2.75, 3.05) is 11.1 Å². The maximum absolute atomic E-state index is 13.7. The van der Waals surface area contributed by atoms with Gasteiger partial charge in [0.1, 0.15) is 23.1 Å². The van der Waals surface area contributed by atoms with Gasteiger partial charge in [-0.05, 0) is 41.5 Å². The molecular weight excluding hydrogens is 505 g/mol. The summed E-state index contributed by atoms with van der Waals surface area (Å²) in [6.07, 6.45) is 1.23. The molecule has 0 aliphatic heterocycles. The third-order valence-corrected chi connectivity index (χ3v) is 7.14. The van der Waals surface area contributed by atoms with Crippen LogP contribution in [0.3, 0.4) is 0 Å². The molecule has 1 amide bonds. The fraction of sp³-hybridized carbons (Fsp3) is 0.111. The van der Waals surface area contributed by atoms with Crippen molar-refractivity contribution in [3.05, 3.63) is 102 Å². The van der Waals surface area contributed by atoms with Gasteiger partial charge in [0, 0.05) is 47.8 Å². The van der Waals surface area contributed by atoms with Crippen molar-refractivity contribution >= 4 is 21.4 Å². The Balaban J connectivity index is 1.59. The summed E-state index contributed by atoms with van der Waals surface area (Å²) < 4.78 is 70.8. The molecular formula is C27H21F3N2O4S. The van der Waals surface area contributed by atoms with E-state index in [1.54, 1.807) is 31.2 Å². The molecule has 0 radical (unpaired) electrons. The van der Waals surface area contributed by atoms with Crippen LogP contribution in [0.25, 0.3) is 11.1 Å². The van der Waals surface area contributed by atoms with Crippen molar-refractivity contribution < 1.29 is 31.1 Å². The monoisotopic (exact) mass is 526 g/mol. The third-order valence-electron chi connectivity index (χ3n) is 5.39. The lowest BCUT2D eigenvalue weighted by atomic mass is 10.0. The Hall–Kier alpha value is -4.18. The predicted molar refractivity (Wildman–Crippen MR) is 133 cm³/mol. The maximum atomic E-state index is 13.7. The minimum atomic E-state index is -3.35. The lowest BCUT2D eigenvalue weighted by Gasteiger charge is -2.14. The number of halogens is 3. The average Bonchev–Trinajstić information content (AvgIpc) is 2.84. The van der Waals surface area contributed by atoms with Crippen LogP contribution in [0, 0.1) is 17.6 Å². The Bertz CT molecular complexity index is 1540. The van der Waals surface area contributed by atoms with Gasteiger partial charge in [-0.25, -0.2) is 22.2 Å². The summed E-state index contributed by atoms with van der Waals surface area (Å²) in [6.45, 7) is 1.55. The van der Waals surface area contributed by atoms with Gasteiger partial charge in [-0.2, -0.15) is 4.39 Å². The van der Waals surface area contributed by atoms with Gasteiger partial charge in [-0.15, -0.1) is 0 Å². The Morgan fingerprint density at radius 2 is 1.62 bits per heavy atom. The molecule has 1 aromatic heterocycles. The highest BCUT2D eigenvalue weighted by Crippen LogP contribution is 2.36. The van der Waals surface area contributed by atoms with E-state index in [0.717, 1.165) is 12.1 Å². The number of hydrogen-bond acceptors (Lipinski definition) is 5. The fourth-order valence-electron chi connectivity index (χ4n) is 3.58. The molecule has 0 saturated heterocycles. The minimum Gasteiger partial charge on any atom is -0.456 e. The van der Waals surface area contributed by atoms with Crippen molar-refractivity contribution in [1.29, 1.82) is 0 Å². The number of benzene rings is 3. The number of aromatic nitrogens is 1. The molecule has 1 heterocycles. The molecule has 3 aromatic carbocycles. The standard InChI is InChI=1S/C27H21F3N2O4S/c1-2-37(34,35)23-6-3-17(4-7-23)11-27(33)32-21-5-8-24(18-9-10-31-26(30)12-18)25(16-21)36-22-14-19(28)13-20(29)15-22/h3-10,12-16H,2,11H2,1H3,(H,32,33). The van der Waals surface area contributed by atoms with Gasteiger partial charge in [-0.1, -0.05) is 19.1 Å². The number of ether oxygens (including phenoxy) is 1. The number of carbonyl (C=O) groups is 1. The summed E-state index contributed by atoms with van der Waals surface area (Å²) in [5.41, 5.74) is 1.72. The molecule has 190 valence electrons. The lowest BCUT2D eigenvalue weighted by Crippen LogP contribution is -2.14. The van der Waals surface area contributed by atoms with E-state index in [1.807, 2.05) is 0 Å². The van der Waals surface area contributed by atoms with E-state index in [0.29, 0.717) is 28.4 Å². The van der Waals surface area contributed by atoms with Gasteiger partial charge in [0.2, 0.25) is 11.9 Å². The van der Waals surface area contributed by atoms with E-state index in [-0.39, 0.29) is 28.6 Å². The van der Waals surface area contributed by atoms with Crippen LogP contribution in [0.4, 0.5) is 18.9 Å². The molecule has 0 bridgehead atoms. The molecule has 0 saturated carbocycles. The van der Waals surface area contributed by atoms with Crippen LogP contribution in [0.2, 0.25) is 0 Å². The van der Waals surface area contributed by atoms with E-state index in [2.05, 4.69) is 10.3 Å². The topological polar surface area (TPSA) is 85.4 Å². The quantitative estimate of drug-likeness (QED) is 0.288. The highest BCUT2D eigenvalue weighted by molar-refractivity contribution is 7.91. The van der Waals surface area contributed by atoms with Crippen LogP contribution >= 0.6 is 0 Å². The molecule has 0 unspecified atom stereocenters. The predicted octanol–water partition coefficient (Wildman–Crippen LogP) is 5.93. The number of sulfone groups is 1. The summed E-state index contributed by atoms with van der Waals surface area (Å²) in [5.74, 6) is -2.84. The van der Waals surface area contributed by atoms with E-state index in [9.17, 15) is 26.4 Å². The molecule has 0 atom stereocenters. The zero-order chi connectivity index (χ0) is 26.6. The zero-order valence-electron chi connectivity index (χ0n) is 19.5. The highest BCUT2D eigenvalue weighted by atomic mass is 32.2. The Labute approximate surface area is 211 Å². The zero-order valence-corrected chi connectivity index (χ0v) is 20.4. The van der Waals surface area contributed by atoms with E-state index in [4.69, 9.17) is 4.74 Å². The molecule has 0 spiro atoms. The third kappa shape index (κ3) is 6.53. The summed E-state index contributed by atoms with van der Waals surface area (Å²) in [4.78, 5) is 16.4. The summed E-state index contributed by atoms with van der Waals surface area (Å²) >= 11 is 0. The Morgan fingerprint density at radius 1 is 0.919 bits per heavy atom. The van der Waals surface area contributed by atoms with Crippen LogP contribution in [-0.4, -0.2) is 25.1 Å². The van der Waals surface area contributed by atoms with Crippen molar-refractivity contribution in [3.63, 3.8) is 0 Å². The average molecular weight is 527 g/mol. The smallest absolute Gasteiger partial charge is 0.228 e. The molecule has 4 rings (SSSR count). The second-order valence-electron chi connectivity index (χ2n) is 8.06. The first-order valence-electron chi connectivity index (χ1n) is 11.1. The number of pyridine rings is 1. The molecule has 37 heavy (non-hydrogen) atoms. The highest BCUT2D eigenvalue weighted by Gasteiger charge is 2.15. The normalized spacial score (nSPS) is 11.2. The van der Waals surface area contributed by atoms with Gasteiger partial charge < -0.3 is 10.1 Å². The number of hydrogen-bond donors (Lipinski definition) is 1. The second kappa shape index (κ2) is 10.8. The number of nitrogens with one attached hydrogen (secondary N) is 1. The maximum Gasteiger partial charge on any atom is 0.228 e. The summed E-state index contributed by atoms with van der Waals surface area (Å²) in [5, 5.41) is 2.71. The number of carbonyl (C=O) groups excluding carboxylic acids is 1. The Morgan fingerprint density at radius 3 is 2.27 bits per heavy atom. The van der Waals surface area contributed by atoms with Crippen LogP contribution < -0.4 is 10.1 Å². The minimum absolute atomic E-state index is 0.0262. The molecule has 4 aromatic rings. The number of amides is 1. The van der Waals surface area contributed by atoms with Crippen LogP contribution in [0.5, 0.6) is 11.5 Å². The number of anilines is 1. The first-order valence-corrected chi connectivity index (χ1v) is 12.8. The molecule has 1 N–H and O–H groups in total. The van der Waals surface area contributed by atoms with Gasteiger partial charge in [-0.3, -0.25) is 4.79 Å². The molecule has 10 heteroatoms. The van der Waals surface area contributed by atoms with Crippen LogP contribution in [0.1, 0.15) is 12.5 Å². The number of rotatable bonds is 8. The second-order valence-corrected chi connectivity index (χ2v) is 10.3. The first-order chi connectivity index (χ1) is 17.6. The SMILES string of the molecule is CCS(=O)(=O)c1ccc(CC(=O)Nc2ccc(-c3ccnc(F)c3)c(Oc3cc(F)cc(F)c3)c2)cc1.